The minimum absolute atomic E-state index is 0.00291. The topological polar surface area (TPSA) is 66.5 Å². The third kappa shape index (κ3) is 5.72. The molecule has 0 heterocycles. The molecule has 146 valence electrons. The Morgan fingerprint density at radius 3 is 2.33 bits per heavy atom. The Hall–Kier alpha value is -1.54. The van der Waals surface area contributed by atoms with Crippen molar-refractivity contribution in [2.24, 2.45) is 0 Å². The zero-order valence-corrected chi connectivity index (χ0v) is 17.9. The summed E-state index contributed by atoms with van der Waals surface area (Å²) in [6.45, 7) is 6.23. The molecule has 0 aliphatic heterocycles. The number of aryl methyl sites for hydroxylation is 1. The molecule has 0 radical (unpaired) electrons. The van der Waals surface area contributed by atoms with Crippen LogP contribution in [0.5, 0.6) is 0 Å². The van der Waals surface area contributed by atoms with E-state index in [2.05, 4.69) is 5.32 Å². The SMILES string of the molecule is CCN(CC)S(=O)(=O)c1cc(NC(=O)CSc2ccc(C)cc2)ccc1Cl. The molecule has 1 amide bonds. The van der Waals surface area contributed by atoms with Gasteiger partial charge in [0.05, 0.1) is 10.8 Å². The molecule has 5 nitrogen and oxygen atoms in total. The number of hydrogen-bond donors (Lipinski definition) is 1. The fourth-order valence-electron chi connectivity index (χ4n) is 2.46. The van der Waals surface area contributed by atoms with Crippen LogP contribution < -0.4 is 5.32 Å². The summed E-state index contributed by atoms with van der Waals surface area (Å²) in [5.41, 5.74) is 1.56. The number of halogens is 1. The van der Waals surface area contributed by atoms with Crippen LogP contribution in [0.15, 0.2) is 52.3 Å². The summed E-state index contributed by atoms with van der Waals surface area (Å²) in [7, 11) is -3.70. The first-order chi connectivity index (χ1) is 12.8. The molecule has 0 atom stereocenters. The molecule has 1 N–H and O–H groups in total. The highest BCUT2D eigenvalue weighted by atomic mass is 35.5. The van der Waals surface area contributed by atoms with Gasteiger partial charge in [0.25, 0.3) is 0 Å². The third-order valence-electron chi connectivity index (χ3n) is 3.93. The van der Waals surface area contributed by atoms with Crippen LogP contribution in [0.4, 0.5) is 5.69 Å². The molecule has 0 aliphatic rings. The van der Waals surface area contributed by atoms with Gasteiger partial charge in [0, 0.05) is 23.7 Å². The molecule has 0 unspecified atom stereocenters. The van der Waals surface area contributed by atoms with Crippen molar-refractivity contribution in [2.75, 3.05) is 24.2 Å². The van der Waals surface area contributed by atoms with Crippen molar-refractivity contribution in [1.82, 2.24) is 4.31 Å². The number of sulfonamides is 1. The minimum Gasteiger partial charge on any atom is -0.325 e. The number of carbonyl (C=O) groups excluding carboxylic acids is 1. The molecule has 2 rings (SSSR count). The lowest BCUT2D eigenvalue weighted by atomic mass is 10.2. The van der Waals surface area contributed by atoms with Gasteiger partial charge in [-0.1, -0.05) is 43.1 Å². The molecule has 2 aromatic rings. The summed E-state index contributed by atoms with van der Waals surface area (Å²) < 4.78 is 26.8. The summed E-state index contributed by atoms with van der Waals surface area (Å²) in [5, 5.41) is 2.87. The summed E-state index contributed by atoms with van der Waals surface area (Å²) in [4.78, 5) is 13.2. The second-order valence-electron chi connectivity index (χ2n) is 5.88. The molecule has 0 saturated carbocycles. The Balaban J connectivity index is 2.11. The van der Waals surface area contributed by atoms with Crippen molar-refractivity contribution in [3.05, 3.63) is 53.1 Å². The molecule has 0 bridgehead atoms. The molecule has 0 spiro atoms. The van der Waals surface area contributed by atoms with Crippen molar-refractivity contribution in [3.63, 3.8) is 0 Å². The van der Waals surface area contributed by atoms with Crippen LogP contribution in [0.3, 0.4) is 0 Å². The maximum atomic E-state index is 12.7. The maximum Gasteiger partial charge on any atom is 0.244 e. The van der Waals surface area contributed by atoms with Gasteiger partial charge in [0.1, 0.15) is 4.90 Å². The highest BCUT2D eigenvalue weighted by Gasteiger charge is 2.24. The number of thioether (sulfide) groups is 1. The molecule has 0 aromatic heterocycles. The first-order valence-corrected chi connectivity index (χ1v) is 11.4. The van der Waals surface area contributed by atoms with E-state index in [1.54, 1.807) is 19.9 Å². The van der Waals surface area contributed by atoms with Crippen LogP contribution in [0.2, 0.25) is 5.02 Å². The Morgan fingerprint density at radius 2 is 1.74 bits per heavy atom. The van der Waals surface area contributed by atoms with E-state index in [9.17, 15) is 13.2 Å². The molecule has 0 saturated heterocycles. The van der Waals surface area contributed by atoms with Gasteiger partial charge >= 0.3 is 0 Å². The molecule has 0 fully saturated rings. The van der Waals surface area contributed by atoms with Crippen molar-refractivity contribution in [1.29, 1.82) is 0 Å². The van der Waals surface area contributed by atoms with Gasteiger partial charge in [-0.2, -0.15) is 4.31 Å². The summed E-state index contributed by atoms with van der Waals surface area (Å²) in [6, 6.07) is 12.4. The van der Waals surface area contributed by atoms with Crippen LogP contribution in [-0.4, -0.2) is 37.5 Å². The van der Waals surface area contributed by atoms with Crippen LogP contribution in [0.1, 0.15) is 19.4 Å². The van der Waals surface area contributed by atoms with E-state index >= 15 is 0 Å². The summed E-state index contributed by atoms with van der Waals surface area (Å²) in [5.74, 6) is 0.0122. The summed E-state index contributed by atoms with van der Waals surface area (Å²) >= 11 is 7.52. The quantitative estimate of drug-likeness (QED) is 0.635. The van der Waals surface area contributed by atoms with Crippen molar-refractivity contribution in [2.45, 2.75) is 30.6 Å². The maximum absolute atomic E-state index is 12.7. The molecular formula is C19H23ClN2O3S2. The Kier molecular flexibility index (Phi) is 7.73. The zero-order valence-electron chi connectivity index (χ0n) is 15.5. The van der Waals surface area contributed by atoms with Crippen LogP contribution in [0.25, 0.3) is 0 Å². The predicted molar refractivity (Wildman–Crippen MR) is 112 cm³/mol. The number of rotatable bonds is 8. The van der Waals surface area contributed by atoms with E-state index in [1.807, 2.05) is 31.2 Å². The van der Waals surface area contributed by atoms with Crippen molar-refractivity contribution < 1.29 is 13.2 Å². The average molecular weight is 427 g/mol. The van der Waals surface area contributed by atoms with Gasteiger partial charge in [-0.15, -0.1) is 11.8 Å². The van der Waals surface area contributed by atoms with Gasteiger partial charge in [0.15, 0.2) is 0 Å². The summed E-state index contributed by atoms with van der Waals surface area (Å²) in [6.07, 6.45) is 0. The molecule has 8 heteroatoms. The van der Waals surface area contributed by atoms with Crippen LogP contribution in [-0.2, 0) is 14.8 Å². The van der Waals surface area contributed by atoms with E-state index in [0.29, 0.717) is 18.8 Å². The predicted octanol–water partition coefficient (Wildman–Crippen LogP) is 4.41. The van der Waals surface area contributed by atoms with Gasteiger partial charge in [0.2, 0.25) is 15.9 Å². The van der Waals surface area contributed by atoms with Crippen LogP contribution >= 0.6 is 23.4 Å². The second-order valence-corrected chi connectivity index (χ2v) is 9.25. The van der Waals surface area contributed by atoms with Gasteiger partial charge in [-0.3, -0.25) is 4.79 Å². The van der Waals surface area contributed by atoms with E-state index in [4.69, 9.17) is 11.6 Å². The molecule has 2 aromatic carbocycles. The molecule has 0 aliphatic carbocycles. The number of amides is 1. The number of hydrogen-bond acceptors (Lipinski definition) is 4. The largest absolute Gasteiger partial charge is 0.325 e. The second kappa shape index (κ2) is 9.59. The van der Waals surface area contributed by atoms with E-state index in [-0.39, 0.29) is 21.6 Å². The zero-order chi connectivity index (χ0) is 20.0. The first kappa shape index (κ1) is 21.8. The van der Waals surface area contributed by atoms with Crippen molar-refractivity contribution in [3.8, 4) is 0 Å². The monoisotopic (exact) mass is 426 g/mol. The first-order valence-electron chi connectivity index (χ1n) is 8.57. The Labute approximate surface area is 170 Å². The number of nitrogens with one attached hydrogen (secondary N) is 1. The molecular weight excluding hydrogens is 404 g/mol. The van der Waals surface area contributed by atoms with Gasteiger partial charge in [-0.25, -0.2) is 8.42 Å². The standard InChI is InChI=1S/C19H23ClN2O3S2/c1-4-22(5-2)27(24,25)18-12-15(8-11-17(18)20)21-19(23)13-26-16-9-6-14(3)7-10-16/h6-12H,4-5,13H2,1-3H3,(H,21,23). The van der Waals surface area contributed by atoms with E-state index < -0.39 is 10.0 Å². The van der Waals surface area contributed by atoms with Gasteiger partial charge in [-0.05, 0) is 37.3 Å². The number of anilines is 1. The average Bonchev–Trinajstić information content (AvgIpc) is 2.63. The lowest BCUT2D eigenvalue weighted by Crippen LogP contribution is -2.30. The minimum atomic E-state index is -3.70. The fraction of sp³-hybridized carbons (Fsp3) is 0.316. The van der Waals surface area contributed by atoms with E-state index in [0.717, 1.165) is 10.5 Å². The number of benzene rings is 2. The fourth-order valence-corrected chi connectivity index (χ4v) is 5.12. The lowest BCUT2D eigenvalue weighted by Gasteiger charge is -2.19. The number of nitrogens with zero attached hydrogens (tertiary/aromatic N) is 1. The molecule has 27 heavy (non-hydrogen) atoms. The van der Waals surface area contributed by atoms with Crippen LogP contribution in [0, 0.1) is 6.92 Å². The van der Waals surface area contributed by atoms with Gasteiger partial charge < -0.3 is 5.32 Å². The highest BCUT2D eigenvalue weighted by molar-refractivity contribution is 8.00. The van der Waals surface area contributed by atoms with E-state index in [1.165, 1.54) is 28.2 Å². The normalized spacial score (nSPS) is 11.6. The van der Waals surface area contributed by atoms with Crippen molar-refractivity contribution >= 4 is 45.0 Å². The lowest BCUT2D eigenvalue weighted by molar-refractivity contribution is -0.113. The third-order valence-corrected chi connectivity index (χ3v) is 7.47. The highest BCUT2D eigenvalue weighted by Crippen LogP contribution is 2.28. The number of carbonyl (C=O) groups is 1. The Bertz CT molecular complexity index is 896. The Morgan fingerprint density at radius 1 is 1.11 bits per heavy atom. The smallest absolute Gasteiger partial charge is 0.244 e.